The monoisotopic (exact) mass is 353 g/mol. The number of nitrogens with zero attached hydrogens (tertiary/aromatic N) is 3. The zero-order valence-corrected chi connectivity index (χ0v) is 15.3. The van der Waals surface area contributed by atoms with E-state index in [9.17, 15) is 9.59 Å². The van der Waals surface area contributed by atoms with Gasteiger partial charge in [-0.1, -0.05) is 26.0 Å². The van der Waals surface area contributed by atoms with Crippen molar-refractivity contribution in [3.05, 3.63) is 29.8 Å². The van der Waals surface area contributed by atoms with Gasteiger partial charge in [0.1, 0.15) is 0 Å². The molecule has 0 atom stereocenters. The predicted molar refractivity (Wildman–Crippen MR) is 101 cm³/mol. The number of benzene rings is 1. The van der Waals surface area contributed by atoms with Gasteiger partial charge in [0.25, 0.3) is 0 Å². The molecule has 26 heavy (non-hydrogen) atoms. The first-order valence-corrected chi connectivity index (χ1v) is 8.87. The van der Waals surface area contributed by atoms with Crippen molar-refractivity contribution in [2.24, 2.45) is 12.5 Å². The van der Waals surface area contributed by atoms with Gasteiger partial charge in [-0.15, -0.1) is 0 Å². The molecule has 7 heteroatoms. The molecule has 1 saturated heterocycles. The molecule has 4 rings (SSSR count). The zero-order chi connectivity index (χ0) is 18.5. The number of rotatable bonds is 2. The van der Waals surface area contributed by atoms with Crippen LogP contribution in [-0.4, -0.2) is 41.4 Å². The summed E-state index contributed by atoms with van der Waals surface area (Å²) < 4.78 is 1.80. The van der Waals surface area contributed by atoms with Crippen molar-refractivity contribution in [3.63, 3.8) is 0 Å². The Balaban J connectivity index is 1.77. The van der Waals surface area contributed by atoms with Crippen LogP contribution in [0.3, 0.4) is 0 Å². The van der Waals surface area contributed by atoms with E-state index in [1.807, 2.05) is 13.1 Å². The molecule has 2 aliphatic rings. The molecule has 0 spiro atoms. The highest BCUT2D eigenvalue weighted by atomic mass is 16.2. The largest absolute Gasteiger partial charge is 0.329 e. The van der Waals surface area contributed by atoms with E-state index in [4.69, 9.17) is 0 Å². The standard InChI is InChI=1S/C19H23N5O2/c1-19(2)11-20-8-6-14(19)12-4-5-13-15(10-12)23(3)22-17(13)24-9-7-16(25)21-18(24)26/h4-6,10,20H,7-9,11H2,1-3H3,(H,21,25,26). The molecule has 136 valence electrons. The molecule has 0 bridgehead atoms. The van der Waals surface area contributed by atoms with Gasteiger partial charge in [-0.2, -0.15) is 5.10 Å². The average molecular weight is 353 g/mol. The van der Waals surface area contributed by atoms with Crippen molar-refractivity contribution in [1.29, 1.82) is 0 Å². The van der Waals surface area contributed by atoms with Crippen LogP contribution in [-0.2, 0) is 11.8 Å². The second-order valence-corrected chi connectivity index (χ2v) is 7.57. The number of hydrogen-bond acceptors (Lipinski definition) is 4. The van der Waals surface area contributed by atoms with E-state index in [0.717, 1.165) is 24.0 Å². The summed E-state index contributed by atoms with van der Waals surface area (Å²) in [5.41, 5.74) is 3.52. The van der Waals surface area contributed by atoms with Crippen molar-refractivity contribution < 1.29 is 9.59 Å². The first kappa shape index (κ1) is 16.8. The highest BCUT2D eigenvalue weighted by Crippen LogP contribution is 2.38. The van der Waals surface area contributed by atoms with Crippen LogP contribution in [0.2, 0.25) is 0 Å². The maximum atomic E-state index is 12.2. The third-order valence-electron chi connectivity index (χ3n) is 5.20. The summed E-state index contributed by atoms with van der Waals surface area (Å²) in [6, 6.07) is 5.85. The van der Waals surface area contributed by atoms with E-state index in [0.29, 0.717) is 12.4 Å². The minimum atomic E-state index is -0.410. The number of anilines is 1. The number of hydrogen-bond donors (Lipinski definition) is 2. The van der Waals surface area contributed by atoms with Crippen LogP contribution < -0.4 is 15.5 Å². The van der Waals surface area contributed by atoms with Crippen LogP contribution in [0.5, 0.6) is 0 Å². The van der Waals surface area contributed by atoms with E-state index in [1.165, 1.54) is 16.0 Å². The Morgan fingerprint density at radius 1 is 1.23 bits per heavy atom. The Bertz CT molecular complexity index is 941. The maximum absolute atomic E-state index is 12.2. The van der Waals surface area contributed by atoms with Gasteiger partial charge in [0.2, 0.25) is 5.91 Å². The topological polar surface area (TPSA) is 79.3 Å². The van der Waals surface area contributed by atoms with E-state index in [-0.39, 0.29) is 17.7 Å². The summed E-state index contributed by atoms with van der Waals surface area (Å²) in [5, 5.41) is 11.2. The quantitative estimate of drug-likeness (QED) is 0.866. The minimum absolute atomic E-state index is 0.0560. The second-order valence-electron chi connectivity index (χ2n) is 7.57. The van der Waals surface area contributed by atoms with Crippen molar-refractivity contribution >= 4 is 34.2 Å². The lowest BCUT2D eigenvalue weighted by Crippen LogP contribution is -2.49. The minimum Gasteiger partial charge on any atom is -0.312 e. The number of aryl methyl sites for hydroxylation is 1. The normalized spacial score (nSPS) is 20.3. The highest BCUT2D eigenvalue weighted by Gasteiger charge is 2.29. The predicted octanol–water partition coefficient (Wildman–Crippen LogP) is 2.03. The number of imide groups is 1. The van der Waals surface area contributed by atoms with E-state index < -0.39 is 6.03 Å². The molecule has 0 aliphatic carbocycles. The maximum Gasteiger partial charge on any atom is 0.329 e. The molecule has 0 radical (unpaired) electrons. The Morgan fingerprint density at radius 2 is 2.04 bits per heavy atom. The van der Waals surface area contributed by atoms with E-state index in [1.54, 1.807) is 4.68 Å². The lowest BCUT2D eigenvalue weighted by atomic mass is 9.78. The van der Waals surface area contributed by atoms with Crippen molar-refractivity contribution in [2.75, 3.05) is 24.5 Å². The summed E-state index contributed by atoms with van der Waals surface area (Å²) in [6.45, 7) is 6.63. The number of nitrogens with one attached hydrogen (secondary N) is 2. The SMILES string of the molecule is Cn1nc(N2CCC(=O)NC2=O)c2ccc(C3=CCNCC3(C)C)cc21. The summed E-state index contributed by atoms with van der Waals surface area (Å²) in [4.78, 5) is 25.1. The van der Waals surface area contributed by atoms with Gasteiger partial charge in [-0.3, -0.25) is 19.7 Å². The molecule has 3 heterocycles. The highest BCUT2D eigenvalue weighted by molar-refractivity contribution is 6.09. The molecular weight excluding hydrogens is 330 g/mol. The second kappa shape index (κ2) is 5.95. The molecule has 3 amide bonds. The van der Waals surface area contributed by atoms with E-state index in [2.05, 4.69) is 47.8 Å². The molecule has 1 aromatic carbocycles. The molecular formula is C19H23N5O2. The summed E-state index contributed by atoms with van der Waals surface area (Å²) in [7, 11) is 1.88. The van der Waals surface area contributed by atoms with Crippen molar-refractivity contribution in [2.45, 2.75) is 20.3 Å². The van der Waals surface area contributed by atoms with Gasteiger partial charge >= 0.3 is 6.03 Å². The Hall–Kier alpha value is -2.67. The van der Waals surface area contributed by atoms with Crippen LogP contribution in [0.1, 0.15) is 25.8 Å². The first-order valence-electron chi connectivity index (χ1n) is 8.87. The van der Waals surface area contributed by atoms with Crippen LogP contribution in [0.25, 0.3) is 16.5 Å². The molecule has 2 aliphatic heterocycles. The molecule has 7 nitrogen and oxygen atoms in total. The lowest BCUT2D eigenvalue weighted by Gasteiger charge is -2.32. The van der Waals surface area contributed by atoms with Crippen LogP contribution in [0.15, 0.2) is 24.3 Å². The van der Waals surface area contributed by atoms with Gasteiger partial charge in [0, 0.05) is 43.9 Å². The fraction of sp³-hybridized carbons (Fsp3) is 0.421. The van der Waals surface area contributed by atoms with Gasteiger partial charge in [-0.25, -0.2) is 4.79 Å². The third-order valence-corrected chi connectivity index (χ3v) is 5.20. The number of urea groups is 1. The summed E-state index contributed by atoms with van der Waals surface area (Å²) >= 11 is 0. The summed E-state index contributed by atoms with van der Waals surface area (Å²) in [6.07, 6.45) is 2.53. The number of fused-ring (bicyclic) bond motifs is 1. The van der Waals surface area contributed by atoms with Gasteiger partial charge in [0.15, 0.2) is 5.82 Å². The zero-order valence-electron chi connectivity index (χ0n) is 15.3. The van der Waals surface area contributed by atoms with Gasteiger partial charge < -0.3 is 5.32 Å². The van der Waals surface area contributed by atoms with Gasteiger partial charge in [-0.05, 0) is 23.3 Å². The van der Waals surface area contributed by atoms with Crippen LogP contribution in [0.4, 0.5) is 10.6 Å². The van der Waals surface area contributed by atoms with E-state index >= 15 is 0 Å². The molecule has 1 aromatic heterocycles. The Kier molecular flexibility index (Phi) is 3.84. The van der Waals surface area contributed by atoms with Gasteiger partial charge in [0.05, 0.1) is 5.52 Å². The molecule has 1 fully saturated rings. The number of amides is 3. The fourth-order valence-corrected chi connectivity index (χ4v) is 3.81. The first-order chi connectivity index (χ1) is 12.4. The number of aromatic nitrogens is 2. The van der Waals surface area contributed by atoms with Crippen molar-refractivity contribution in [3.8, 4) is 0 Å². The smallest absolute Gasteiger partial charge is 0.312 e. The third kappa shape index (κ3) is 2.68. The Morgan fingerprint density at radius 3 is 2.77 bits per heavy atom. The molecule has 2 aromatic rings. The lowest BCUT2D eigenvalue weighted by molar-refractivity contribution is -0.120. The van der Waals surface area contributed by atoms with Crippen LogP contribution in [0, 0.1) is 5.41 Å². The molecule has 0 unspecified atom stereocenters. The molecule has 2 N–H and O–H groups in total. The number of carbonyl (C=O) groups excluding carboxylic acids is 2. The van der Waals surface area contributed by atoms with Crippen LogP contribution >= 0.6 is 0 Å². The van der Waals surface area contributed by atoms with Crippen molar-refractivity contribution in [1.82, 2.24) is 20.4 Å². The fourth-order valence-electron chi connectivity index (χ4n) is 3.81. The summed E-state index contributed by atoms with van der Waals surface area (Å²) in [5.74, 6) is 0.353. The number of carbonyl (C=O) groups is 2. The average Bonchev–Trinajstić information content (AvgIpc) is 2.91. The molecule has 0 saturated carbocycles. The Labute approximate surface area is 152 Å².